The van der Waals surface area contributed by atoms with Crippen LogP contribution < -0.4 is 5.43 Å². The molecule has 96 valence electrons. The molecule has 0 unspecified atom stereocenters. The lowest BCUT2D eigenvalue weighted by Gasteiger charge is -2.00. The molecule has 1 aromatic rings. The van der Waals surface area contributed by atoms with Gasteiger partial charge in [0.05, 0.1) is 12.3 Å². The Morgan fingerprint density at radius 3 is 2.89 bits per heavy atom. The number of nitrogens with zero attached hydrogens (tertiary/aromatic N) is 1. The molecule has 1 amide bonds. The van der Waals surface area contributed by atoms with E-state index >= 15 is 0 Å². The van der Waals surface area contributed by atoms with E-state index in [0.717, 1.165) is 0 Å². The van der Waals surface area contributed by atoms with Gasteiger partial charge in [0.2, 0.25) is 0 Å². The molecule has 1 rings (SSSR count). The van der Waals surface area contributed by atoms with Crippen molar-refractivity contribution in [1.82, 2.24) is 5.43 Å². The summed E-state index contributed by atoms with van der Waals surface area (Å²) in [6, 6.07) is 6.39. The summed E-state index contributed by atoms with van der Waals surface area (Å²) in [6.07, 6.45) is 2.57. The van der Waals surface area contributed by atoms with Gasteiger partial charge >= 0.3 is 6.09 Å². The SMILES string of the molecule is CCOC(=O)N/N=C(C)/C=C/c1ccccc1F. The first-order chi connectivity index (χ1) is 8.63. The average Bonchev–Trinajstić information content (AvgIpc) is 2.36. The van der Waals surface area contributed by atoms with Crippen molar-refractivity contribution in [2.45, 2.75) is 13.8 Å². The normalized spacial score (nSPS) is 11.6. The predicted molar refractivity (Wildman–Crippen MR) is 68.7 cm³/mol. The topological polar surface area (TPSA) is 50.7 Å². The van der Waals surface area contributed by atoms with E-state index in [0.29, 0.717) is 11.3 Å². The summed E-state index contributed by atoms with van der Waals surface area (Å²) in [5.41, 5.74) is 3.21. The number of rotatable bonds is 4. The van der Waals surface area contributed by atoms with Gasteiger partial charge in [-0.05, 0) is 26.0 Å². The van der Waals surface area contributed by atoms with Crippen molar-refractivity contribution >= 4 is 17.9 Å². The molecule has 0 aromatic heterocycles. The fourth-order valence-electron chi connectivity index (χ4n) is 1.16. The zero-order valence-corrected chi connectivity index (χ0v) is 10.3. The van der Waals surface area contributed by atoms with Gasteiger partial charge in [-0.15, -0.1) is 0 Å². The molecule has 18 heavy (non-hydrogen) atoms. The van der Waals surface area contributed by atoms with E-state index in [9.17, 15) is 9.18 Å². The number of halogens is 1. The highest BCUT2D eigenvalue weighted by molar-refractivity contribution is 5.96. The van der Waals surface area contributed by atoms with Crippen LogP contribution in [-0.4, -0.2) is 18.4 Å². The first kappa shape index (κ1) is 13.9. The predicted octanol–water partition coefficient (Wildman–Crippen LogP) is 2.96. The lowest BCUT2D eigenvalue weighted by molar-refractivity contribution is 0.152. The molecule has 5 heteroatoms. The van der Waals surface area contributed by atoms with E-state index in [4.69, 9.17) is 0 Å². The number of benzene rings is 1. The van der Waals surface area contributed by atoms with Gasteiger partial charge in [0.1, 0.15) is 5.82 Å². The molecule has 0 heterocycles. The van der Waals surface area contributed by atoms with Crippen LogP contribution in [0.1, 0.15) is 19.4 Å². The second kappa shape index (κ2) is 7.21. The molecule has 0 aliphatic heterocycles. The van der Waals surface area contributed by atoms with Gasteiger partial charge in [0, 0.05) is 5.56 Å². The highest BCUT2D eigenvalue weighted by Crippen LogP contribution is 2.07. The lowest BCUT2D eigenvalue weighted by Crippen LogP contribution is -2.19. The largest absolute Gasteiger partial charge is 0.449 e. The Labute approximate surface area is 105 Å². The van der Waals surface area contributed by atoms with Gasteiger partial charge in [-0.1, -0.05) is 24.3 Å². The Kier molecular flexibility index (Phi) is 5.57. The molecular weight excluding hydrogens is 235 g/mol. The molecule has 0 atom stereocenters. The number of carbonyl (C=O) groups excluding carboxylic acids is 1. The molecule has 4 nitrogen and oxygen atoms in total. The number of hydrogen-bond donors (Lipinski definition) is 1. The second-order valence-electron chi connectivity index (χ2n) is 3.44. The van der Waals surface area contributed by atoms with E-state index in [2.05, 4.69) is 15.3 Å². The van der Waals surface area contributed by atoms with E-state index in [1.54, 1.807) is 44.2 Å². The molecule has 0 saturated carbocycles. The molecule has 0 aliphatic carbocycles. The molecule has 0 fully saturated rings. The van der Waals surface area contributed by atoms with Crippen molar-refractivity contribution in [3.63, 3.8) is 0 Å². The monoisotopic (exact) mass is 250 g/mol. The molecule has 0 saturated heterocycles. The minimum atomic E-state index is -0.615. The summed E-state index contributed by atoms with van der Waals surface area (Å²) < 4.78 is 17.9. The van der Waals surface area contributed by atoms with Gasteiger partial charge < -0.3 is 4.74 Å². The molecule has 1 aromatic carbocycles. The van der Waals surface area contributed by atoms with Crippen LogP contribution in [0.3, 0.4) is 0 Å². The highest BCUT2D eigenvalue weighted by atomic mass is 19.1. The maximum atomic E-state index is 13.3. The van der Waals surface area contributed by atoms with Crippen LogP contribution in [0.25, 0.3) is 6.08 Å². The van der Waals surface area contributed by atoms with E-state index in [-0.39, 0.29) is 12.4 Å². The van der Waals surface area contributed by atoms with Crippen LogP contribution in [-0.2, 0) is 4.74 Å². The standard InChI is InChI=1S/C13H15FN2O2/c1-3-18-13(17)16-15-10(2)8-9-11-6-4-5-7-12(11)14/h4-9H,3H2,1-2H3,(H,16,17)/b9-8+,15-10+. The summed E-state index contributed by atoms with van der Waals surface area (Å²) in [6.45, 7) is 3.67. The van der Waals surface area contributed by atoms with E-state index in [1.807, 2.05) is 0 Å². The van der Waals surface area contributed by atoms with Crippen LogP contribution in [0.2, 0.25) is 0 Å². The second-order valence-corrected chi connectivity index (χ2v) is 3.44. The van der Waals surface area contributed by atoms with Gasteiger partial charge in [0.15, 0.2) is 0 Å². The van der Waals surface area contributed by atoms with Crippen molar-refractivity contribution in [3.05, 3.63) is 41.7 Å². The molecule has 0 spiro atoms. The minimum absolute atomic E-state index is 0.283. The van der Waals surface area contributed by atoms with Crippen LogP contribution in [0.15, 0.2) is 35.4 Å². The van der Waals surface area contributed by atoms with Gasteiger partial charge in [-0.25, -0.2) is 14.6 Å². The fraction of sp³-hybridized carbons (Fsp3) is 0.231. The maximum Gasteiger partial charge on any atom is 0.427 e. The summed E-state index contributed by atoms with van der Waals surface area (Å²) in [4.78, 5) is 11.0. The number of ether oxygens (including phenoxy) is 1. The first-order valence-electron chi connectivity index (χ1n) is 5.53. The number of allylic oxidation sites excluding steroid dienone is 1. The first-order valence-corrected chi connectivity index (χ1v) is 5.53. The van der Waals surface area contributed by atoms with Gasteiger partial charge in [0.25, 0.3) is 0 Å². The Bertz CT molecular complexity index is 470. The number of hydrogen-bond acceptors (Lipinski definition) is 3. The van der Waals surface area contributed by atoms with Crippen LogP contribution in [0, 0.1) is 5.82 Å². The quantitative estimate of drug-likeness (QED) is 0.659. The third-order valence-corrected chi connectivity index (χ3v) is 2.01. The Hall–Kier alpha value is -2.17. The Morgan fingerprint density at radius 1 is 1.50 bits per heavy atom. The van der Waals surface area contributed by atoms with Gasteiger partial charge in [-0.3, -0.25) is 0 Å². The average molecular weight is 250 g/mol. The number of amides is 1. The fourth-order valence-corrected chi connectivity index (χ4v) is 1.16. The lowest BCUT2D eigenvalue weighted by atomic mass is 10.2. The zero-order chi connectivity index (χ0) is 13.4. The summed E-state index contributed by atoms with van der Waals surface area (Å²) in [5.74, 6) is -0.306. The summed E-state index contributed by atoms with van der Waals surface area (Å²) >= 11 is 0. The summed E-state index contributed by atoms with van der Waals surface area (Å²) in [5, 5.41) is 3.77. The van der Waals surface area contributed by atoms with Crippen molar-refractivity contribution in [3.8, 4) is 0 Å². The van der Waals surface area contributed by atoms with E-state index in [1.165, 1.54) is 6.07 Å². The number of hydrazone groups is 1. The minimum Gasteiger partial charge on any atom is -0.449 e. The molecule has 0 aliphatic rings. The van der Waals surface area contributed by atoms with E-state index < -0.39 is 6.09 Å². The highest BCUT2D eigenvalue weighted by Gasteiger charge is 1.97. The Balaban J connectivity index is 2.59. The van der Waals surface area contributed by atoms with Crippen molar-refractivity contribution in [2.24, 2.45) is 5.10 Å². The van der Waals surface area contributed by atoms with Crippen LogP contribution in [0.4, 0.5) is 9.18 Å². The maximum absolute atomic E-state index is 13.3. The van der Waals surface area contributed by atoms with Crippen molar-refractivity contribution < 1.29 is 13.9 Å². The molecule has 0 radical (unpaired) electrons. The van der Waals surface area contributed by atoms with Crippen LogP contribution >= 0.6 is 0 Å². The number of carbonyl (C=O) groups is 1. The smallest absolute Gasteiger partial charge is 0.427 e. The molecular formula is C13H15FN2O2. The van der Waals surface area contributed by atoms with Crippen molar-refractivity contribution in [1.29, 1.82) is 0 Å². The van der Waals surface area contributed by atoms with Crippen LogP contribution in [0.5, 0.6) is 0 Å². The Morgan fingerprint density at radius 2 is 2.22 bits per heavy atom. The molecule has 0 bridgehead atoms. The van der Waals surface area contributed by atoms with Gasteiger partial charge in [-0.2, -0.15) is 5.10 Å². The zero-order valence-electron chi connectivity index (χ0n) is 10.3. The third kappa shape index (κ3) is 4.78. The summed E-state index contributed by atoms with van der Waals surface area (Å²) in [7, 11) is 0. The third-order valence-electron chi connectivity index (χ3n) is 2.01. The number of nitrogens with one attached hydrogen (secondary N) is 1. The molecule has 1 N–H and O–H groups in total. The van der Waals surface area contributed by atoms with Crippen molar-refractivity contribution in [2.75, 3.05) is 6.61 Å².